The molecule has 0 aliphatic rings. The number of nitrogens with one attached hydrogen (secondary N) is 1. The third kappa shape index (κ3) is 12.7. The molecule has 12 heteroatoms. The number of halogens is 4. The summed E-state index contributed by atoms with van der Waals surface area (Å²) in [5.41, 5.74) is 4.23. The number of aromatic nitrogens is 3. The van der Waals surface area contributed by atoms with E-state index in [1.807, 2.05) is 96.7 Å². The Hall–Kier alpha value is -2.59. The van der Waals surface area contributed by atoms with Crippen molar-refractivity contribution < 1.29 is 19.1 Å². The van der Waals surface area contributed by atoms with Crippen molar-refractivity contribution in [1.29, 1.82) is 0 Å². The van der Waals surface area contributed by atoms with Gasteiger partial charge in [0.25, 0.3) is 11.9 Å². The molecule has 0 radical (unpaired) electrons. The van der Waals surface area contributed by atoms with Crippen LogP contribution in [0.25, 0.3) is 0 Å². The Labute approximate surface area is 310 Å². The van der Waals surface area contributed by atoms with Gasteiger partial charge in [-0.25, -0.2) is 9.97 Å². The number of pyridine rings is 3. The highest BCUT2D eigenvalue weighted by Crippen LogP contribution is 2.33. The molecule has 0 saturated heterocycles. The standard InChI is InChI=1S/C18H15Br2N3O.C14H14BrClNO2.C2H6.CH5P/c1-11-7-14(20)8-12(2)18(11)24-15-5-6-21-17(9-15)23-16-4-3-13(19)10-22-16;1-9-5-11(15)6-10(2)14(9)19-12-3-4-17(8-18)13(16)7-12;2*1-2/h3-10H,1-2H3,(H,21,22,23);3-7,18H,8H2,1-2H3;1-2H3;2H2,1H3/q;+1;;. The molecule has 7 nitrogen and oxygen atoms in total. The average Bonchev–Trinajstić information content (AvgIpc) is 3.04. The number of benzene rings is 2. The van der Waals surface area contributed by atoms with Gasteiger partial charge in [0, 0.05) is 37.9 Å². The summed E-state index contributed by atoms with van der Waals surface area (Å²) in [6, 6.07) is 19.0. The van der Waals surface area contributed by atoms with E-state index in [2.05, 4.69) is 72.3 Å². The summed E-state index contributed by atoms with van der Waals surface area (Å²) in [6.07, 6.45) is 5.12. The summed E-state index contributed by atoms with van der Waals surface area (Å²) in [6.45, 7) is 13.8. The van der Waals surface area contributed by atoms with Crippen LogP contribution in [0.4, 0.5) is 11.6 Å². The number of ether oxygens (including phenoxy) is 2. The number of rotatable bonds is 7. The number of hydrogen-bond acceptors (Lipinski definition) is 6. The van der Waals surface area contributed by atoms with Crippen molar-refractivity contribution in [3.8, 4) is 23.0 Å². The number of nitrogens with zero attached hydrogens (tertiary/aromatic N) is 3. The molecule has 250 valence electrons. The van der Waals surface area contributed by atoms with Crippen molar-refractivity contribution in [2.45, 2.75) is 48.3 Å². The summed E-state index contributed by atoms with van der Waals surface area (Å²) in [5.74, 6) is 4.44. The van der Waals surface area contributed by atoms with Crippen LogP contribution < -0.4 is 19.4 Å². The SMILES string of the molecule is CC.CP.Cc1cc(Br)cc(C)c1Oc1cc[n+](CO)c(Cl)c1.Cc1cc(Br)cc(C)c1Oc1ccnc(Nc2ccc(Br)cn2)c1. The van der Waals surface area contributed by atoms with Gasteiger partial charge in [0.2, 0.25) is 0 Å². The minimum absolute atomic E-state index is 0.157. The number of aryl methyl sites for hydroxylation is 4. The Morgan fingerprint density at radius 1 is 0.723 bits per heavy atom. The molecule has 0 fully saturated rings. The van der Waals surface area contributed by atoms with Crippen LogP contribution in [0.1, 0.15) is 36.1 Å². The Morgan fingerprint density at radius 3 is 1.68 bits per heavy atom. The number of aliphatic hydroxyl groups is 1. The first-order valence-electron chi connectivity index (χ1n) is 14.6. The molecule has 5 rings (SSSR count). The number of anilines is 2. The largest absolute Gasteiger partial charge is 0.457 e. The van der Waals surface area contributed by atoms with E-state index in [0.29, 0.717) is 16.7 Å². The summed E-state index contributed by atoms with van der Waals surface area (Å²) >= 11 is 16.3. The van der Waals surface area contributed by atoms with Gasteiger partial charge in [-0.2, -0.15) is 4.57 Å². The highest BCUT2D eigenvalue weighted by Gasteiger charge is 2.12. The maximum absolute atomic E-state index is 9.05. The Kier molecular flexibility index (Phi) is 17.9. The lowest BCUT2D eigenvalue weighted by atomic mass is 10.1. The van der Waals surface area contributed by atoms with E-state index in [1.165, 1.54) is 4.57 Å². The highest BCUT2D eigenvalue weighted by molar-refractivity contribution is 9.11. The average molecular weight is 871 g/mol. The van der Waals surface area contributed by atoms with Gasteiger partial charge in [0.1, 0.15) is 34.6 Å². The highest BCUT2D eigenvalue weighted by atomic mass is 79.9. The zero-order valence-electron chi connectivity index (χ0n) is 27.4. The van der Waals surface area contributed by atoms with Crippen molar-refractivity contribution in [2.75, 3.05) is 12.0 Å². The second-order valence-electron chi connectivity index (χ2n) is 9.60. The van der Waals surface area contributed by atoms with Crippen LogP contribution in [0.2, 0.25) is 5.15 Å². The van der Waals surface area contributed by atoms with E-state index >= 15 is 0 Å². The lowest BCUT2D eigenvalue weighted by molar-refractivity contribution is -0.727. The summed E-state index contributed by atoms with van der Waals surface area (Å²) < 4.78 is 16.4. The fourth-order valence-electron chi connectivity index (χ4n) is 4.14. The molecular weight excluding hydrogens is 831 g/mol. The molecule has 0 saturated carbocycles. The Morgan fingerprint density at radius 2 is 1.23 bits per heavy atom. The van der Waals surface area contributed by atoms with Crippen molar-refractivity contribution in [2.24, 2.45) is 0 Å². The van der Waals surface area contributed by atoms with Gasteiger partial charge < -0.3 is 19.9 Å². The molecule has 47 heavy (non-hydrogen) atoms. The van der Waals surface area contributed by atoms with E-state index in [9.17, 15) is 0 Å². The first-order valence-corrected chi connectivity index (χ1v) is 18.5. The molecule has 3 heterocycles. The molecule has 1 unspecified atom stereocenters. The van der Waals surface area contributed by atoms with Crippen LogP contribution in [0, 0.1) is 27.7 Å². The van der Waals surface area contributed by atoms with E-state index < -0.39 is 0 Å². The lowest BCUT2D eigenvalue weighted by Crippen LogP contribution is -2.34. The van der Waals surface area contributed by atoms with Gasteiger partial charge in [0.15, 0.2) is 6.20 Å². The van der Waals surface area contributed by atoms with Gasteiger partial charge in [0.05, 0.1) is 6.07 Å². The summed E-state index contributed by atoms with van der Waals surface area (Å²) in [4.78, 5) is 8.59. The molecule has 0 bridgehead atoms. The third-order valence-electron chi connectivity index (χ3n) is 6.11. The van der Waals surface area contributed by atoms with E-state index in [4.69, 9.17) is 26.2 Å². The topological polar surface area (TPSA) is 80.4 Å². The van der Waals surface area contributed by atoms with Crippen molar-refractivity contribution in [1.82, 2.24) is 9.97 Å². The molecule has 0 aliphatic heterocycles. The van der Waals surface area contributed by atoms with Gasteiger partial charge in [-0.3, -0.25) is 0 Å². The van der Waals surface area contributed by atoms with Crippen LogP contribution in [0.3, 0.4) is 0 Å². The summed E-state index contributed by atoms with van der Waals surface area (Å²) in [7, 11) is 2.42. The molecule has 2 N–H and O–H groups in total. The zero-order valence-corrected chi connectivity index (χ0v) is 34.1. The monoisotopic (exact) mass is 867 g/mol. The zero-order chi connectivity index (χ0) is 35.1. The van der Waals surface area contributed by atoms with Crippen LogP contribution >= 0.6 is 68.6 Å². The van der Waals surface area contributed by atoms with Crippen molar-refractivity contribution in [3.05, 3.63) is 120 Å². The summed E-state index contributed by atoms with van der Waals surface area (Å²) in [5, 5.41) is 12.6. The second-order valence-corrected chi connectivity index (χ2v) is 12.7. The molecule has 5 aromatic rings. The molecule has 0 amide bonds. The minimum atomic E-state index is -0.157. The molecule has 2 aromatic carbocycles. The molecule has 0 spiro atoms. The van der Waals surface area contributed by atoms with Gasteiger partial charge in [-0.1, -0.05) is 52.4 Å². The van der Waals surface area contributed by atoms with E-state index in [1.54, 1.807) is 30.7 Å². The number of aliphatic hydroxyl groups excluding tert-OH is 1. The predicted octanol–water partition coefficient (Wildman–Crippen LogP) is 11.4. The van der Waals surface area contributed by atoms with E-state index in [-0.39, 0.29) is 6.73 Å². The van der Waals surface area contributed by atoms with Gasteiger partial charge >= 0.3 is 0 Å². The third-order valence-corrected chi connectivity index (χ3v) is 7.82. The van der Waals surface area contributed by atoms with Crippen LogP contribution in [-0.2, 0) is 6.73 Å². The maximum atomic E-state index is 9.05. The lowest BCUT2D eigenvalue weighted by Gasteiger charge is -2.13. The normalized spacial score (nSPS) is 9.89. The first-order chi connectivity index (χ1) is 22.5. The molecule has 0 aliphatic carbocycles. The van der Waals surface area contributed by atoms with Crippen LogP contribution in [0.15, 0.2) is 92.7 Å². The molecule has 1 atom stereocenters. The van der Waals surface area contributed by atoms with Crippen molar-refractivity contribution >= 4 is 80.3 Å². The van der Waals surface area contributed by atoms with Crippen molar-refractivity contribution in [3.63, 3.8) is 0 Å². The van der Waals surface area contributed by atoms with Crippen LogP contribution in [0.5, 0.6) is 23.0 Å². The van der Waals surface area contributed by atoms with E-state index in [0.717, 1.165) is 58.7 Å². The number of hydrogen-bond donors (Lipinski definition) is 2. The Bertz CT molecular complexity index is 1700. The fourth-order valence-corrected chi connectivity index (χ4v) is 5.96. The quantitative estimate of drug-likeness (QED) is 0.0963. The second kappa shape index (κ2) is 20.7. The first kappa shape index (κ1) is 40.6. The minimum Gasteiger partial charge on any atom is -0.457 e. The molecule has 3 aromatic heterocycles. The predicted molar refractivity (Wildman–Crippen MR) is 208 cm³/mol. The smallest absolute Gasteiger partial charge is 0.280 e. The molecular formula is C35H40Br3ClN4O3P+. The van der Waals surface area contributed by atoms with Crippen LogP contribution in [-0.4, -0.2) is 21.7 Å². The fraction of sp³-hybridized carbons (Fsp3) is 0.229. The Balaban J connectivity index is 0.000000302. The van der Waals surface area contributed by atoms with Gasteiger partial charge in [-0.05, 0) is 120 Å². The maximum Gasteiger partial charge on any atom is 0.280 e. The van der Waals surface area contributed by atoms with Gasteiger partial charge in [-0.15, -0.1) is 9.24 Å².